The molecule has 162 valence electrons. The zero-order valence-electron chi connectivity index (χ0n) is 17.7. The van der Waals surface area contributed by atoms with Crippen molar-refractivity contribution in [3.63, 3.8) is 0 Å². The molecule has 7 nitrogen and oxygen atoms in total. The molecule has 1 aliphatic heterocycles. The van der Waals surface area contributed by atoms with Gasteiger partial charge in [0.1, 0.15) is 17.2 Å². The number of allylic oxidation sites excluding steroid dienone is 1. The highest BCUT2D eigenvalue weighted by atomic mass is 16.5. The minimum atomic E-state index is -0.532. The number of Topliss-reactive ketones (excluding diaryl/α,β-unsaturated/α-hetero) is 1. The lowest BCUT2D eigenvalue weighted by molar-refractivity contribution is 0.0734. The van der Waals surface area contributed by atoms with Crippen molar-refractivity contribution in [1.29, 1.82) is 0 Å². The maximum Gasteiger partial charge on any atom is 0.343 e. The fourth-order valence-corrected chi connectivity index (χ4v) is 3.21. The third-order valence-electron chi connectivity index (χ3n) is 4.88. The van der Waals surface area contributed by atoms with Gasteiger partial charge in [-0.3, -0.25) is 4.79 Å². The first-order valence-corrected chi connectivity index (χ1v) is 9.69. The molecule has 0 atom stereocenters. The summed E-state index contributed by atoms with van der Waals surface area (Å²) < 4.78 is 26.7. The predicted molar refractivity (Wildman–Crippen MR) is 117 cm³/mol. The van der Waals surface area contributed by atoms with Crippen LogP contribution in [-0.4, -0.2) is 33.1 Å². The largest absolute Gasteiger partial charge is 0.497 e. The van der Waals surface area contributed by atoms with Crippen LogP contribution in [0.15, 0.2) is 66.4 Å². The van der Waals surface area contributed by atoms with E-state index < -0.39 is 5.97 Å². The Morgan fingerprint density at radius 3 is 2.22 bits per heavy atom. The van der Waals surface area contributed by atoms with E-state index in [4.69, 9.17) is 23.7 Å². The molecule has 1 aliphatic rings. The van der Waals surface area contributed by atoms with E-state index in [-0.39, 0.29) is 11.5 Å². The van der Waals surface area contributed by atoms with Crippen LogP contribution in [0.1, 0.15) is 26.3 Å². The number of esters is 1. The van der Waals surface area contributed by atoms with Gasteiger partial charge in [0.05, 0.1) is 32.5 Å². The Morgan fingerprint density at radius 1 is 0.812 bits per heavy atom. The zero-order valence-corrected chi connectivity index (χ0v) is 17.7. The Balaban J connectivity index is 1.47. The number of ether oxygens (including phenoxy) is 5. The van der Waals surface area contributed by atoms with Gasteiger partial charge in [0.2, 0.25) is 5.78 Å². The van der Waals surface area contributed by atoms with Gasteiger partial charge in [0.15, 0.2) is 17.3 Å². The third kappa shape index (κ3) is 4.13. The van der Waals surface area contributed by atoms with E-state index in [2.05, 4.69) is 0 Å². The Hall–Kier alpha value is -4.26. The summed E-state index contributed by atoms with van der Waals surface area (Å²) in [6, 6.07) is 16.6. The molecular weight excluding hydrogens is 412 g/mol. The van der Waals surface area contributed by atoms with Crippen molar-refractivity contribution >= 4 is 17.8 Å². The molecule has 0 aromatic heterocycles. The van der Waals surface area contributed by atoms with E-state index in [0.29, 0.717) is 39.9 Å². The highest BCUT2D eigenvalue weighted by molar-refractivity contribution is 6.14. The lowest BCUT2D eigenvalue weighted by atomic mass is 10.1. The second-order valence-corrected chi connectivity index (χ2v) is 6.83. The number of carbonyl (C=O) groups excluding carboxylic acids is 2. The van der Waals surface area contributed by atoms with Crippen LogP contribution in [0.5, 0.6) is 28.7 Å². The molecule has 0 aliphatic carbocycles. The van der Waals surface area contributed by atoms with Gasteiger partial charge >= 0.3 is 5.97 Å². The first-order valence-electron chi connectivity index (χ1n) is 9.69. The number of rotatable bonds is 6. The summed E-state index contributed by atoms with van der Waals surface area (Å²) in [6.07, 6.45) is 1.63. The van der Waals surface area contributed by atoms with Gasteiger partial charge in [0.25, 0.3) is 0 Å². The lowest BCUT2D eigenvalue weighted by Crippen LogP contribution is -2.08. The molecule has 0 N–H and O–H groups in total. The topological polar surface area (TPSA) is 80.3 Å². The summed E-state index contributed by atoms with van der Waals surface area (Å²) in [7, 11) is 4.56. The SMILES string of the molecule is COc1ccc2c(c1)O/C(=C\c1ccc(OC(=O)c3ccc(OC)c(OC)c3)cc1)C2=O. The van der Waals surface area contributed by atoms with Gasteiger partial charge in [-0.15, -0.1) is 0 Å². The first-order chi connectivity index (χ1) is 15.5. The van der Waals surface area contributed by atoms with E-state index >= 15 is 0 Å². The number of benzene rings is 3. The second kappa shape index (κ2) is 8.85. The van der Waals surface area contributed by atoms with Crippen LogP contribution in [0.25, 0.3) is 6.08 Å². The molecule has 0 saturated carbocycles. The van der Waals surface area contributed by atoms with Crippen molar-refractivity contribution in [1.82, 2.24) is 0 Å². The van der Waals surface area contributed by atoms with Crippen LogP contribution >= 0.6 is 0 Å². The minimum Gasteiger partial charge on any atom is -0.497 e. The molecule has 0 unspecified atom stereocenters. The molecule has 0 saturated heterocycles. The number of fused-ring (bicyclic) bond motifs is 1. The monoisotopic (exact) mass is 432 g/mol. The average Bonchev–Trinajstić information content (AvgIpc) is 3.13. The molecule has 7 heteroatoms. The smallest absolute Gasteiger partial charge is 0.343 e. The van der Waals surface area contributed by atoms with Crippen LogP contribution in [0.4, 0.5) is 0 Å². The maximum absolute atomic E-state index is 12.5. The summed E-state index contributed by atoms with van der Waals surface area (Å²) in [4.78, 5) is 25.0. The average molecular weight is 432 g/mol. The van der Waals surface area contributed by atoms with Gasteiger partial charge in [-0.1, -0.05) is 12.1 Å². The van der Waals surface area contributed by atoms with Crippen molar-refractivity contribution in [3.8, 4) is 28.7 Å². The van der Waals surface area contributed by atoms with Gasteiger partial charge in [-0.25, -0.2) is 4.79 Å². The Kier molecular flexibility index (Phi) is 5.81. The Morgan fingerprint density at radius 2 is 1.53 bits per heavy atom. The van der Waals surface area contributed by atoms with Crippen molar-refractivity contribution in [2.45, 2.75) is 0 Å². The van der Waals surface area contributed by atoms with Crippen LogP contribution in [0, 0.1) is 0 Å². The predicted octanol–water partition coefficient (Wildman–Crippen LogP) is 4.55. The van der Waals surface area contributed by atoms with Crippen molar-refractivity contribution < 1.29 is 33.3 Å². The molecule has 0 spiro atoms. The zero-order chi connectivity index (χ0) is 22.7. The van der Waals surface area contributed by atoms with Crippen molar-refractivity contribution in [2.24, 2.45) is 0 Å². The van der Waals surface area contributed by atoms with Gasteiger partial charge < -0.3 is 23.7 Å². The Labute approximate surface area is 184 Å². The van der Waals surface area contributed by atoms with Gasteiger partial charge in [0, 0.05) is 6.07 Å². The number of hydrogen-bond acceptors (Lipinski definition) is 7. The number of carbonyl (C=O) groups is 2. The summed E-state index contributed by atoms with van der Waals surface area (Å²) in [5, 5.41) is 0. The molecular formula is C25H20O7. The highest BCUT2D eigenvalue weighted by Crippen LogP contribution is 2.35. The molecule has 0 radical (unpaired) electrons. The second-order valence-electron chi connectivity index (χ2n) is 6.83. The number of methoxy groups -OCH3 is 3. The highest BCUT2D eigenvalue weighted by Gasteiger charge is 2.27. The van der Waals surface area contributed by atoms with Crippen LogP contribution in [-0.2, 0) is 0 Å². The molecule has 32 heavy (non-hydrogen) atoms. The lowest BCUT2D eigenvalue weighted by Gasteiger charge is -2.09. The number of hydrogen-bond donors (Lipinski definition) is 0. The van der Waals surface area contributed by atoms with Crippen LogP contribution in [0.2, 0.25) is 0 Å². The molecule has 0 amide bonds. The first kappa shape index (κ1) is 21.0. The maximum atomic E-state index is 12.5. The van der Waals surface area contributed by atoms with Gasteiger partial charge in [-0.2, -0.15) is 0 Å². The third-order valence-corrected chi connectivity index (χ3v) is 4.88. The fourth-order valence-electron chi connectivity index (χ4n) is 3.21. The molecule has 3 aromatic carbocycles. The number of ketones is 1. The quantitative estimate of drug-likeness (QED) is 0.321. The normalized spacial score (nSPS) is 13.3. The van der Waals surface area contributed by atoms with E-state index in [0.717, 1.165) is 5.56 Å². The standard InChI is InChI=1S/C25H20O7/c1-28-18-9-10-19-21(14-18)32-23(24(19)26)12-15-4-7-17(8-5-15)31-25(27)16-6-11-20(29-2)22(13-16)30-3/h4-14H,1-3H3/b23-12-. The van der Waals surface area contributed by atoms with Crippen LogP contribution < -0.4 is 23.7 Å². The Bertz CT molecular complexity index is 1210. The molecule has 0 fully saturated rings. The van der Waals surface area contributed by atoms with E-state index in [9.17, 15) is 9.59 Å². The molecule has 4 rings (SSSR count). The van der Waals surface area contributed by atoms with E-state index in [1.54, 1.807) is 73.8 Å². The minimum absolute atomic E-state index is 0.202. The van der Waals surface area contributed by atoms with Gasteiger partial charge in [-0.05, 0) is 54.1 Å². The summed E-state index contributed by atoms with van der Waals surface area (Å²) in [5.74, 6) is 1.86. The fraction of sp³-hybridized carbons (Fsp3) is 0.120. The molecule has 3 aromatic rings. The summed E-state index contributed by atoms with van der Waals surface area (Å²) in [5.41, 5.74) is 1.53. The van der Waals surface area contributed by atoms with E-state index in [1.165, 1.54) is 14.2 Å². The summed E-state index contributed by atoms with van der Waals surface area (Å²) in [6.45, 7) is 0. The van der Waals surface area contributed by atoms with E-state index in [1.807, 2.05) is 0 Å². The van der Waals surface area contributed by atoms with Crippen molar-refractivity contribution in [2.75, 3.05) is 21.3 Å². The molecule has 1 heterocycles. The van der Waals surface area contributed by atoms with Crippen LogP contribution in [0.3, 0.4) is 0 Å². The molecule has 0 bridgehead atoms. The van der Waals surface area contributed by atoms with Crippen molar-refractivity contribution in [3.05, 3.63) is 83.1 Å². The summed E-state index contributed by atoms with van der Waals surface area (Å²) >= 11 is 0.